The molecule has 23 heavy (non-hydrogen) atoms. The summed E-state index contributed by atoms with van der Waals surface area (Å²) in [5.41, 5.74) is 1.10. The van der Waals surface area contributed by atoms with E-state index in [4.69, 9.17) is 16.3 Å². The van der Waals surface area contributed by atoms with Crippen molar-refractivity contribution in [3.05, 3.63) is 34.3 Å². The van der Waals surface area contributed by atoms with Crippen molar-refractivity contribution in [1.29, 1.82) is 0 Å². The second-order valence-electron chi connectivity index (χ2n) is 7.09. The molecule has 1 saturated heterocycles. The highest BCUT2D eigenvalue weighted by Crippen LogP contribution is 2.27. The van der Waals surface area contributed by atoms with Gasteiger partial charge in [0.1, 0.15) is 5.60 Å². The largest absolute Gasteiger partial charge is 0.444 e. The van der Waals surface area contributed by atoms with Crippen molar-refractivity contribution in [3.63, 3.8) is 0 Å². The van der Waals surface area contributed by atoms with Gasteiger partial charge in [-0.3, -0.25) is 4.79 Å². The number of carbonyl (C=O) groups is 2. The van der Waals surface area contributed by atoms with Crippen LogP contribution in [-0.2, 0) is 4.74 Å². The Balaban J connectivity index is 1.97. The Morgan fingerprint density at radius 3 is 2.39 bits per heavy atom. The zero-order valence-corrected chi connectivity index (χ0v) is 14.9. The van der Waals surface area contributed by atoms with Gasteiger partial charge in [-0.15, -0.1) is 0 Å². The highest BCUT2D eigenvalue weighted by atomic mass is 35.5. The van der Waals surface area contributed by atoms with E-state index in [0.29, 0.717) is 36.5 Å². The molecule has 0 unspecified atom stereocenters. The van der Waals surface area contributed by atoms with Crippen LogP contribution in [0.5, 0.6) is 0 Å². The average Bonchev–Trinajstić information content (AvgIpc) is 2.47. The third kappa shape index (κ3) is 4.71. The Hall–Kier alpha value is -1.55. The average molecular weight is 338 g/mol. The fourth-order valence-electron chi connectivity index (χ4n) is 2.70. The van der Waals surface area contributed by atoms with Crippen molar-refractivity contribution in [2.45, 2.75) is 46.1 Å². The first-order valence-electron chi connectivity index (χ1n) is 7.95. The number of carbonyl (C=O) groups excluding carboxylic acids is 2. The molecule has 1 aromatic carbocycles. The van der Waals surface area contributed by atoms with Crippen molar-refractivity contribution in [2.75, 3.05) is 13.1 Å². The van der Waals surface area contributed by atoms with E-state index in [-0.39, 0.29) is 17.8 Å². The van der Waals surface area contributed by atoms with E-state index in [1.165, 1.54) is 0 Å². The summed E-state index contributed by atoms with van der Waals surface area (Å²) in [6, 6.07) is 5.50. The molecule has 1 aliphatic rings. The van der Waals surface area contributed by atoms with Gasteiger partial charge in [0, 0.05) is 24.6 Å². The van der Waals surface area contributed by atoms with Gasteiger partial charge in [-0.1, -0.05) is 23.2 Å². The van der Waals surface area contributed by atoms with Crippen molar-refractivity contribution in [1.82, 2.24) is 4.90 Å². The van der Waals surface area contributed by atoms with Crippen molar-refractivity contribution in [3.8, 4) is 0 Å². The van der Waals surface area contributed by atoms with Gasteiger partial charge < -0.3 is 9.64 Å². The Bertz CT molecular complexity index is 599. The first-order valence-corrected chi connectivity index (χ1v) is 8.33. The van der Waals surface area contributed by atoms with Crippen LogP contribution < -0.4 is 0 Å². The molecule has 1 fully saturated rings. The molecule has 0 aromatic heterocycles. The molecule has 0 atom stereocenters. The van der Waals surface area contributed by atoms with Gasteiger partial charge in [0.25, 0.3) is 0 Å². The Morgan fingerprint density at radius 2 is 1.83 bits per heavy atom. The quantitative estimate of drug-likeness (QED) is 0.747. The maximum Gasteiger partial charge on any atom is 0.410 e. The Morgan fingerprint density at radius 1 is 1.22 bits per heavy atom. The SMILES string of the molecule is Cc1ccc(Cl)c(C(=O)C2CCN(C(=O)OC(C)(C)C)CC2)c1. The molecule has 0 bridgehead atoms. The number of aryl methyl sites for hydroxylation is 1. The topological polar surface area (TPSA) is 46.6 Å². The van der Waals surface area contributed by atoms with Crippen molar-refractivity contribution >= 4 is 23.5 Å². The molecule has 1 heterocycles. The molecular weight excluding hydrogens is 314 g/mol. The van der Waals surface area contributed by atoms with Crippen LogP contribution in [0.2, 0.25) is 5.02 Å². The van der Waals surface area contributed by atoms with Crippen LogP contribution in [0.1, 0.15) is 49.5 Å². The van der Waals surface area contributed by atoms with Crippen LogP contribution in [0, 0.1) is 12.8 Å². The van der Waals surface area contributed by atoms with Crippen LogP contribution >= 0.6 is 11.6 Å². The first kappa shape index (κ1) is 17.8. The summed E-state index contributed by atoms with van der Waals surface area (Å²) in [4.78, 5) is 26.4. The molecule has 1 aromatic rings. The predicted molar refractivity (Wildman–Crippen MR) is 91.1 cm³/mol. The van der Waals surface area contributed by atoms with E-state index in [0.717, 1.165) is 5.56 Å². The van der Waals surface area contributed by atoms with Gasteiger partial charge in [-0.05, 0) is 52.7 Å². The highest BCUT2D eigenvalue weighted by Gasteiger charge is 2.30. The van der Waals surface area contributed by atoms with Crippen LogP contribution in [0.15, 0.2) is 18.2 Å². The maximum atomic E-state index is 12.7. The summed E-state index contributed by atoms with van der Waals surface area (Å²) in [6.07, 6.45) is 0.974. The van der Waals surface area contributed by atoms with E-state index < -0.39 is 5.60 Å². The number of ketones is 1. The molecule has 1 amide bonds. The summed E-state index contributed by atoms with van der Waals surface area (Å²) in [7, 11) is 0. The lowest BCUT2D eigenvalue weighted by molar-refractivity contribution is 0.0182. The molecule has 0 aliphatic carbocycles. The number of likely N-dealkylation sites (tertiary alicyclic amines) is 1. The monoisotopic (exact) mass is 337 g/mol. The minimum absolute atomic E-state index is 0.0718. The lowest BCUT2D eigenvalue weighted by atomic mass is 9.88. The standard InChI is InChI=1S/C18H24ClNO3/c1-12-5-6-15(19)14(11-12)16(21)13-7-9-20(10-8-13)17(22)23-18(2,3)4/h5-6,11,13H,7-10H2,1-4H3. The molecule has 0 spiro atoms. The van der Waals surface area contributed by atoms with Gasteiger partial charge in [-0.2, -0.15) is 0 Å². The molecule has 4 nitrogen and oxygen atoms in total. The van der Waals surface area contributed by atoms with Gasteiger partial charge in [-0.25, -0.2) is 4.79 Å². The van der Waals surface area contributed by atoms with Crippen LogP contribution in [0.3, 0.4) is 0 Å². The van der Waals surface area contributed by atoms with Crippen LogP contribution in [-0.4, -0.2) is 35.5 Å². The summed E-state index contributed by atoms with van der Waals surface area (Å²) in [5.74, 6) is -0.0180. The summed E-state index contributed by atoms with van der Waals surface area (Å²) >= 11 is 6.16. The van der Waals surface area contributed by atoms with E-state index in [9.17, 15) is 9.59 Å². The zero-order chi connectivity index (χ0) is 17.2. The van der Waals surface area contributed by atoms with Gasteiger partial charge in [0.05, 0.1) is 5.02 Å². The number of ether oxygens (including phenoxy) is 1. The van der Waals surface area contributed by atoms with Crippen molar-refractivity contribution in [2.24, 2.45) is 5.92 Å². The predicted octanol–water partition coefficient (Wildman–Crippen LogP) is 4.48. The fourth-order valence-corrected chi connectivity index (χ4v) is 2.91. The van der Waals surface area contributed by atoms with Crippen LogP contribution in [0.4, 0.5) is 4.79 Å². The normalized spacial score (nSPS) is 16.3. The molecule has 2 rings (SSSR count). The fraction of sp³-hybridized carbons (Fsp3) is 0.556. The number of halogens is 1. The number of benzene rings is 1. The second-order valence-corrected chi connectivity index (χ2v) is 7.50. The summed E-state index contributed by atoms with van der Waals surface area (Å²) < 4.78 is 5.37. The maximum absolute atomic E-state index is 12.7. The summed E-state index contributed by atoms with van der Waals surface area (Å²) in [5, 5.41) is 0.496. The smallest absolute Gasteiger partial charge is 0.410 e. The number of nitrogens with zero attached hydrogens (tertiary/aromatic N) is 1. The third-order valence-corrected chi connectivity index (χ3v) is 4.23. The lowest BCUT2D eigenvalue weighted by Crippen LogP contribution is -2.43. The van der Waals surface area contributed by atoms with Gasteiger partial charge in [0.2, 0.25) is 0 Å². The van der Waals surface area contributed by atoms with E-state index in [2.05, 4.69) is 0 Å². The number of hydrogen-bond donors (Lipinski definition) is 0. The minimum atomic E-state index is -0.501. The summed E-state index contributed by atoms with van der Waals surface area (Å²) in [6.45, 7) is 8.56. The molecular formula is C18H24ClNO3. The van der Waals surface area contributed by atoms with E-state index in [1.54, 1.807) is 11.0 Å². The molecule has 0 N–H and O–H groups in total. The van der Waals surface area contributed by atoms with Crippen molar-refractivity contribution < 1.29 is 14.3 Å². The third-order valence-electron chi connectivity index (χ3n) is 3.90. The van der Waals surface area contributed by atoms with E-state index >= 15 is 0 Å². The Kier molecular flexibility index (Phi) is 5.35. The molecule has 1 aliphatic heterocycles. The number of Topliss-reactive ketones (excluding diaryl/α,β-unsaturated/α-hetero) is 1. The number of piperidine rings is 1. The number of amides is 1. The highest BCUT2D eigenvalue weighted by molar-refractivity contribution is 6.34. The number of rotatable bonds is 2. The first-order chi connectivity index (χ1) is 10.7. The minimum Gasteiger partial charge on any atom is -0.444 e. The number of hydrogen-bond acceptors (Lipinski definition) is 3. The van der Waals surface area contributed by atoms with Gasteiger partial charge in [0.15, 0.2) is 5.78 Å². The van der Waals surface area contributed by atoms with E-state index in [1.807, 2.05) is 39.8 Å². The second kappa shape index (κ2) is 6.91. The molecule has 126 valence electrons. The molecule has 0 saturated carbocycles. The zero-order valence-electron chi connectivity index (χ0n) is 14.2. The van der Waals surface area contributed by atoms with Crippen LogP contribution in [0.25, 0.3) is 0 Å². The Labute approximate surface area is 142 Å². The lowest BCUT2D eigenvalue weighted by Gasteiger charge is -2.33. The molecule has 0 radical (unpaired) electrons. The molecule has 5 heteroatoms. The van der Waals surface area contributed by atoms with Gasteiger partial charge >= 0.3 is 6.09 Å².